The minimum Gasteiger partial charge on any atom is -0.480 e. The zero-order valence-corrected chi connectivity index (χ0v) is 13.4. The number of hydrogen-bond donors (Lipinski definition) is 1. The third-order valence-electron chi connectivity index (χ3n) is 4.18. The number of aliphatic carboxylic acids is 1. The number of rotatable bonds is 4. The molecule has 1 aliphatic rings. The van der Waals surface area contributed by atoms with Gasteiger partial charge < -0.3 is 14.9 Å². The van der Waals surface area contributed by atoms with Crippen molar-refractivity contribution in [2.75, 3.05) is 20.1 Å². The molecule has 0 saturated carbocycles. The maximum atomic E-state index is 12.6. The lowest BCUT2D eigenvalue weighted by molar-refractivity contribution is -0.150. The number of piperidine rings is 1. The molecule has 2 amide bonds. The molecule has 116 valence electrons. The van der Waals surface area contributed by atoms with E-state index in [0.29, 0.717) is 19.5 Å². The van der Waals surface area contributed by atoms with Crippen LogP contribution in [0.4, 0.5) is 4.79 Å². The number of carboxylic acid groups (broad SMARTS) is 1. The molecule has 5 nitrogen and oxygen atoms in total. The van der Waals surface area contributed by atoms with E-state index in [0.717, 1.165) is 19.3 Å². The smallest absolute Gasteiger partial charge is 0.329 e. The second kappa shape index (κ2) is 6.47. The number of thiophene rings is 1. The van der Waals surface area contributed by atoms with Gasteiger partial charge in [0.1, 0.15) is 5.54 Å². The summed E-state index contributed by atoms with van der Waals surface area (Å²) < 4.78 is 0. The zero-order chi connectivity index (χ0) is 15.5. The van der Waals surface area contributed by atoms with Crippen molar-refractivity contribution >= 4 is 23.3 Å². The molecule has 1 saturated heterocycles. The van der Waals surface area contributed by atoms with Crippen molar-refractivity contribution in [1.29, 1.82) is 0 Å². The summed E-state index contributed by atoms with van der Waals surface area (Å²) in [5, 5.41) is 11.5. The monoisotopic (exact) mass is 310 g/mol. The Hall–Kier alpha value is -1.56. The van der Waals surface area contributed by atoms with Crippen molar-refractivity contribution in [3.63, 3.8) is 0 Å². The van der Waals surface area contributed by atoms with Gasteiger partial charge in [0.2, 0.25) is 0 Å². The lowest BCUT2D eigenvalue weighted by atomic mass is 9.89. The van der Waals surface area contributed by atoms with Crippen molar-refractivity contribution in [2.24, 2.45) is 0 Å². The predicted octanol–water partition coefficient (Wildman–Crippen LogP) is 2.67. The molecule has 21 heavy (non-hydrogen) atoms. The van der Waals surface area contributed by atoms with Crippen LogP contribution in [0.3, 0.4) is 0 Å². The Kier molecular flexibility index (Phi) is 4.88. The van der Waals surface area contributed by atoms with Crippen molar-refractivity contribution in [1.82, 2.24) is 9.80 Å². The van der Waals surface area contributed by atoms with Crippen molar-refractivity contribution in [2.45, 2.75) is 38.1 Å². The van der Waals surface area contributed by atoms with Gasteiger partial charge >= 0.3 is 12.0 Å². The summed E-state index contributed by atoms with van der Waals surface area (Å²) in [5.74, 6) is -0.915. The Balaban J connectivity index is 2.01. The van der Waals surface area contributed by atoms with Gasteiger partial charge in [-0.2, -0.15) is 0 Å². The number of carboxylic acids is 1. The van der Waals surface area contributed by atoms with Gasteiger partial charge in [0, 0.05) is 25.0 Å². The summed E-state index contributed by atoms with van der Waals surface area (Å²) in [6.07, 6.45) is 3.04. The fraction of sp³-hybridized carbons (Fsp3) is 0.600. The highest BCUT2D eigenvalue weighted by molar-refractivity contribution is 7.09. The molecule has 0 aromatic carbocycles. The molecule has 1 unspecified atom stereocenters. The van der Waals surface area contributed by atoms with Crippen molar-refractivity contribution in [3.05, 3.63) is 22.4 Å². The average Bonchev–Trinajstić information content (AvgIpc) is 2.97. The highest BCUT2D eigenvalue weighted by Crippen LogP contribution is 2.29. The van der Waals surface area contributed by atoms with Crippen molar-refractivity contribution in [3.8, 4) is 0 Å². The second-order valence-corrected chi connectivity index (χ2v) is 6.75. The van der Waals surface area contributed by atoms with Crippen LogP contribution >= 0.6 is 11.3 Å². The van der Waals surface area contributed by atoms with Crippen LogP contribution in [0, 0.1) is 0 Å². The Morgan fingerprint density at radius 1 is 1.48 bits per heavy atom. The molecule has 2 rings (SSSR count). The van der Waals surface area contributed by atoms with E-state index in [-0.39, 0.29) is 6.03 Å². The van der Waals surface area contributed by atoms with Gasteiger partial charge in [0.25, 0.3) is 0 Å². The van der Waals surface area contributed by atoms with E-state index in [1.54, 1.807) is 30.2 Å². The SMILES string of the molecule is CN(CCc1cccs1)C(=O)N1CCCCC1(C)C(=O)O. The van der Waals surface area contributed by atoms with E-state index in [9.17, 15) is 14.7 Å². The number of urea groups is 1. The summed E-state index contributed by atoms with van der Waals surface area (Å²) in [6, 6.07) is 3.86. The minimum absolute atomic E-state index is 0.184. The lowest BCUT2D eigenvalue weighted by Gasteiger charge is -2.43. The lowest BCUT2D eigenvalue weighted by Crippen LogP contribution is -2.60. The summed E-state index contributed by atoms with van der Waals surface area (Å²) >= 11 is 1.67. The fourth-order valence-electron chi connectivity index (χ4n) is 2.68. The number of hydrogen-bond acceptors (Lipinski definition) is 3. The first kappa shape index (κ1) is 15.8. The number of carbonyl (C=O) groups is 2. The van der Waals surface area contributed by atoms with Crippen LogP contribution in [-0.2, 0) is 11.2 Å². The minimum atomic E-state index is -1.08. The molecule has 0 bridgehead atoms. The highest BCUT2D eigenvalue weighted by atomic mass is 32.1. The van der Waals surface area contributed by atoms with Crippen LogP contribution in [0.5, 0.6) is 0 Å². The van der Waals surface area contributed by atoms with Crippen LogP contribution in [0.1, 0.15) is 31.1 Å². The van der Waals surface area contributed by atoms with E-state index >= 15 is 0 Å². The van der Waals surface area contributed by atoms with E-state index in [4.69, 9.17) is 0 Å². The van der Waals surface area contributed by atoms with Crippen LogP contribution in [0.15, 0.2) is 17.5 Å². The largest absolute Gasteiger partial charge is 0.480 e. The van der Waals surface area contributed by atoms with E-state index < -0.39 is 11.5 Å². The summed E-state index contributed by atoms with van der Waals surface area (Å²) in [6.45, 7) is 2.77. The number of likely N-dealkylation sites (N-methyl/N-ethyl adjacent to an activating group) is 1. The topological polar surface area (TPSA) is 60.9 Å². The Labute approximate surface area is 129 Å². The second-order valence-electron chi connectivity index (χ2n) is 5.72. The molecular formula is C15H22N2O3S. The first-order chi connectivity index (χ1) is 9.95. The molecule has 1 aliphatic heterocycles. The van der Waals surface area contributed by atoms with Gasteiger partial charge in [-0.25, -0.2) is 9.59 Å². The molecule has 0 radical (unpaired) electrons. The molecule has 2 heterocycles. The van der Waals surface area contributed by atoms with Gasteiger partial charge in [-0.05, 0) is 44.1 Å². The standard InChI is InChI=1S/C15H22N2O3S/c1-15(13(18)19)8-3-4-9-17(15)14(20)16(2)10-7-12-6-5-11-21-12/h5-6,11H,3-4,7-10H2,1-2H3,(H,18,19). The van der Waals surface area contributed by atoms with E-state index in [1.165, 1.54) is 9.78 Å². The molecule has 0 spiro atoms. The summed E-state index contributed by atoms with van der Waals surface area (Å²) in [4.78, 5) is 28.5. The zero-order valence-electron chi connectivity index (χ0n) is 12.5. The van der Waals surface area contributed by atoms with Gasteiger partial charge in [0.05, 0.1) is 0 Å². The van der Waals surface area contributed by atoms with Crippen LogP contribution in [-0.4, -0.2) is 52.6 Å². The number of nitrogens with zero attached hydrogens (tertiary/aromatic N) is 2. The quantitative estimate of drug-likeness (QED) is 0.930. The average molecular weight is 310 g/mol. The molecular weight excluding hydrogens is 288 g/mol. The van der Waals surface area contributed by atoms with E-state index in [1.807, 2.05) is 17.5 Å². The molecule has 1 aromatic rings. The maximum Gasteiger partial charge on any atom is 0.329 e. The number of carbonyl (C=O) groups excluding carboxylic acids is 1. The Morgan fingerprint density at radius 2 is 2.24 bits per heavy atom. The Bertz CT molecular complexity index is 503. The van der Waals surface area contributed by atoms with Crippen molar-refractivity contribution < 1.29 is 14.7 Å². The van der Waals surface area contributed by atoms with Gasteiger partial charge in [0.15, 0.2) is 0 Å². The first-order valence-electron chi connectivity index (χ1n) is 7.23. The predicted molar refractivity (Wildman–Crippen MR) is 82.6 cm³/mol. The summed E-state index contributed by atoms with van der Waals surface area (Å²) in [5.41, 5.74) is -1.08. The van der Waals surface area contributed by atoms with Gasteiger partial charge in [-0.15, -0.1) is 11.3 Å². The third kappa shape index (κ3) is 3.37. The third-order valence-corrected chi connectivity index (χ3v) is 5.12. The van der Waals surface area contributed by atoms with Crippen LogP contribution in [0.25, 0.3) is 0 Å². The molecule has 1 N–H and O–H groups in total. The van der Waals surface area contributed by atoms with Crippen LogP contribution < -0.4 is 0 Å². The molecule has 1 aromatic heterocycles. The fourth-order valence-corrected chi connectivity index (χ4v) is 3.38. The summed E-state index contributed by atoms with van der Waals surface area (Å²) in [7, 11) is 1.74. The molecule has 1 atom stereocenters. The van der Waals surface area contributed by atoms with E-state index in [2.05, 4.69) is 0 Å². The normalized spacial score (nSPS) is 22.1. The molecule has 6 heteroatoms. The molecule has 0 aliphatic carbocycles. The number of likely N-dealkylation sites (tertiary alicyclic amines) is 1. The van der Waals surface area contributed by atoms with Crippen LogP contribution in [0.2, 0.25) is 0 Å². The van der Waals surface area contributed by atoms with Gasteiger partial charge in [-0.3, -0.25) is 0 Å². The first-order valence-corrected chi connectivity index (χ1v) is 8.11. The number of amides is 2. The van der Waals surface area contributed by atoms with Gasteiger partial charge in [-0.1, -0.05) is 6.07 Å². The highest BCUT2D eigenvalue weighted by Gasteiger charge is 2.44. The Morgan fingerprint density at radius 3 is 2.86 bits per heavy atom. The maximum absolute atomic E-state index is 12.6. The molecule has 1 fully saturated rings.